The number of rotatable bonds is 8. The molecular formula is C14H23NO4. The SMILES string of the molecule is COC(=O)c1ccc(C(C)N(C)CCCCCO)o1. The van der Waals surface area contributed by atoms with E-state index in [9.17, 15) is 4.79 Å². The van der Waals surface area contributed by atoms with Crippen molar-refractivity contribution < 1.29 is 19.1 Å². The summed E-state index contributed by atoms with van der Waals surface area (Å²) < 4.78 is 10.1. The summed E-state index contributed by atoms with van der Waals surface area (Å²) in [5, 5.41) is 8.72. The Bertz CT molecular complexity index is 389. The first-order valence-electron chi connectivity index (χ1n) is 6.59. The zero-order chi connectivity index (χ0) is 14.3. The van der Waals surface area contributed by atoms with E-state index in [0.29, 0.717) is 0 Å². The fourth-order valence-electron chi connectivity index (χ4n) is 1.85. The lowest BCUT2D eigenvalue weighted by molar-refractivity contribution is 0.0559. The molecule has 1 aromatic heterocycles. The van der Waals surface area contributed by atoms with Crippen molar-refractivity contribution >= 4 is 5.97 Å². The molecule has 0 bridgehead atoms. The Balaban J connectivity index is 2.49. The van der Waals surface area contributed by atoms with Crippen LogP contribution in [-0.2, 0) is 4.74 Å². The maximum Gasteiger partial charge on any atom is 0.373 e. The first-order chi connectivity index (χ1) is 9.10. The monoisotopic (exact) mass is 269 g/mol. The fraction of sp³-hybridized carbons (Fsp3) is 0.643. The maximum absolute atomic E-state index is 11.3. The number of unbranched alkanes of at least 4 members (excludes halogenated alkanes) is 2. The van der Waals surface area contributed by atoms with E-state index in [1.54, 1.807) is 12.1 Å². The largest absolute Gasteiger partial charge is 0.463 e. The highest BCUT2D eigenvalue weighted by molar-refractivity contribution is 5.86. The molecule has 0 aromatic carbocycles. The zero-order valence-corrected chi connectivity index (χ0v) is 11.9. The number of carbonyl (C=O) groups is 1. The van der Waals surface area contributed by atoms with Crippen LogP contribution >= 0.6 is 0 Å². The number of nitrogens with zero attached hydrogens (tertiary/aromatic N) is 1. The molecule has 0 aliphatic carbocycles. The molecule has 1 N–H and O–H groups in total. The Labute approximate surface area is 114 Å². The molecule has 108 valence electrons. The van der Waals surface area contributed by atoms with Gasteiger partial charge in [0.2, 0.25) is 5.76 Å². The van der Waals surface area contributed by atoms with Crippen molar-refractivity contribution in [2.45, 2.75) is 32.2 Å². The second kappa shape index (κ2) is 7.96. The molecule has 19 heavy (non-hydrogen) atoms. The lowest BCUT2D eigenvalue weighted by Gasteiger charge is -2.22. The number of hydrogen-bond acceptors (Lipinski definition) is 5. The van der Waals surface area contributed by atoms with E-state index in [0.717, 1.165) is 31.6 Å². The van der Waals surface area contributed by atoms with Gasteiger partial charge < -0.3 is 14.3 Å². The van der Waals surface area contributed by atoms with Crippen LogP contribution in [0.5, 0.6) is 0 Å². The van der Waals surface area contributed by atoms with Gasteiger partial charge in [0.25, 0.3) is 0 Å². The molecule has 0 spiro atoms. The first kappa shape index (κ1) is 15.7. The Morgan fingerprint density at radius 1 is 1.42 bits per heavy atom. The van der Waals surface area contributed by atoms with E-state index in [4.69, 9.17) is 9.52 Å². The van der Waals surface area contributed by atoms with Crippen LogP contribution in [0.15, 0.2) is 16.5 Å². The summed E-state index contributed by atoms with van der Waals surface area (Å²) in [5.74, 6) is 0.534. The van der Waals surface area contributed by atoms with Crippen LogP contribution in [0.2, 0.25) is 0 Å². The number of carbonyl (C=O) groups excluding carboxylic acids is 1. The summed E-state index contributed by atoms with van der Waals surface area (Å²) in [7, 11) is 3.35. The summed E-state index contributed by atoms with van der Waals surface area (Å²) >= 11 is 0. The third-order valence-corrected chi connectivity index (χ3v) is 3.26. The lowest BCUT2D eigenvalue weighted by Crippen LogP contribution is -2.23. The van der Waals surface area contributed by atoms with Crippen molar-refractivity contribution in [1.82, 2.24) is 4.90 Å². The number of aliphatic hydroxyl groups is 1. The van der Waals surface area contributed by atoms with E-state index in [-0.39, 0.29) is 18.4 Å². The van der Waals surface area contributed by atoms with E-state index in [2.05, 4.69) is 9.64 Å². The molecule has 5 nitrogen and oxygen atoms in total. The number of hydrogen-bond donors (Lipinski definition) is 1. The highest BCUT2D eigenvalue weighted by Gasteiger charge is 2.18. The predicted molar refractivity (Wildman–Crippen MR) is 72.0 cm³/mol. The molecular weight excluding hydrogens is 246 g/mol. The van der Waals surface area contributed by atoms with Crippen molar-refractivity contribution in [2.75, 3.05) is 27.3 Å². The summed E-state index contributed by atoms with van der Waals surface area (Å²) in [6.07, 6.45) is 2.89. The third kappa shape index (κ3) is 4.69. The van der Waals surface area contributed by atoms with Gasteiger partial charge >= 0.3 is 5.97 Å². The molecule has 1 rings (SSSR count). The Hall–Kier alpha value is -1.33. The van der Waals surface area contributed by atoms with Crippen molar-refractivity contribution in [3.8, 4) is 0 Å². The molecule has 0 aliphatic rings. The van der Waals surface area contributed by atoms with Crippen LogP contribution < -0.4 is 0 Å². The van der Waals surface area contributed by atoms with Crippen LogP contribution in [0.4, 0.5) is 0 Å². The lowest BCUT2D eigenvalue weighted by atomic mass is 10.2. The van der Waals surface area contributed by atoms with Gasteiger partial charge in [0.15, 0.2) is 0 Å². The molecule has 5 heteroatoms. The van der Waals surface area contributed by atoms with Gasteiger partial charge in [-0.1, -0.05) is 0 Å². The number of furan rings is 1. The Morgan fingerprint density at radius 2 is 2.16 bits per heavy atom. The van der Waals surface area contributed by atoms with Gasteiger partial charge in [-0.25, -0.2) is 4.79 Å². The van der Waals surface area contributed by atoms with E-state index in [1.165, 1.54) is 7.11 Å². The highest BCUT2D eigenvalue weighted by Crippen LogP contribution is 2.22. The Kier molecular flexibility index (Phi) is 6.59. The molecule has 0 saturated carbocycles. The molecule has 1 unspecified atom stereocenters. The van der Waals surface area contributed by atoms with Crippen LogP contribution in [0.1, 0.15) is 48.5 Å². The normalized spacial score (nSPS) is 12.7. The topological polar surface area (TPSA) is 62.9 Å². The number of esters is 1. The summed E-state index contributed by atoms with van der Waals surface area (Å²) in [4.78, 5) is 13.5. The average molecular weight is 269 g/mol. The zero-order valence-electron chi connectivity index (χ0n) is 11.9. The first-order valence-corrected chi connectivity index (χ1v) is 6.59. The van der Waals surface area contributed by atoms with Gasteiger partial charge in [0, 0.05) is 6.61 Å². The van der Waals surface area contributed by atoms with Crippen molar-refractivity contribution in [3.05, 3.63) is 23.7 Å². The number of methoxy groups -OCH3 is 1. The standard InChI is InChI=1S/C14H23NO4/c1-11(15(2)9-5-4-6-10-16)12-7-8-13(19-12)14(17)18-3/h7-8,11,16H,4-6,9-10H2,1-3H3. The number of aliphatic hydroxyl groups excluding tert-OH is 1. The van der Waals surface area contributed by atoms with Crippen molar-refractivity contribution in [2.24, 2.45) is 0 Å². The molecule has 1 aromatic rings. The van der Waals surface area contributed by atoms with E-state index < -0.39 is 5.97 Å². The van der Waals surface area contributed by atoms with E-state index >= 15 is 0 Å². The number of ether oxygens (including phenoxy) is 1. The Morgan fingerprint density at radius 3 is 2.79 bits per heavy atom. The quantitative estimate of drug-likeness (QED) is 0.579. The van der Waals surface area contributed by atoms with Gasteiger partial charge in [-0.15, -0.1) is 0 Å². The third-order valence-electron chi connectivity index (χ3n) is 3.26. The van der Waals surface area contributed by atoms with Crippen LogP contribution in [0.3, 0.4) is 0 Å². The van der Waals surface area contributed by atoms with Gasteiger partial charge in [0.05, 0.1) is 13.2 Å². The van der Waals surface area contributed by atoms with Gasteiger partial charge in [-0.05, 0) is 51.9 Å². The maximum atomic E-state index is 11.3. The second-order valence-corrected chi connectivity index (χ2v) is 4.63. The predicted octanol–water partition coefficient (Wildman–Crippen LogP) is 2.22. The minimum atomic E-state index is -0.455. The average Bonchev–Trinajstić information content (AvgIpc) is 2.91. The van der Waals surface area contributed by atoms with Crippen LogP contribution in [0, 0.1) is 0 Å². The fourth-order valence-corrected chi connectivity index (χ4v) is 1.85. The van der Waals surface area contributed by atoms with Crippen molar-refractivity contribution in [3.63, 3.8) is 0 Å². The second-order valence-electron chi connectivity index (χ2n) is 4.63. The molecule has 0 saturated heterocycles. The summed E-state index contributed by atoms with van der Waals surface area (Å²) in [6, 6.07) is 3.55. The minimum absolute atomic E-state index is 0.104. The molecule has 0 amide bonds. The molecule has 1 heterocycles. The van der Waals surface area contributed by atoms with Gasteiger partial charge in [-0.3, -0.25) is 4.90 Å². The summed E-state index contributed by atoms with van der Waals surface area (Å²) in [6.45, 7) is 3.21. The van der Waals surface area contributed by atoms with Gasteiger partial charge in [-0.2, -0.15) is 0 Å². The van der Waals surface area contributed by atoms with Crippen LogP contribution in [-0.4, -0.2) is 43.3 Å². The van der Waals surface area contributed by atoms with E-state index in [1.807, 2.05) is 14.0 Å². The van der Waals surface area contributed by atoms with Crippen molar-refractivity contribution in [1.29, 1.82) is 0 Å². The molecule has 0 aliphatic heterocycles. The van der Waals surface area contributed by atoms with Gasteiger partial charge in [0.1, 0.15) is 5.76 Å². The molecule has 0 radical (unpaired) electrons. The molecule has 1 atom stereocenters. The highest BCUT2D eigenvalue weighted by atomic mass is 16.5. The summed E-state index contributed by atoms with van der Waals surface area (Å²) in [5.41, 5.74) is 0. The molecule has 0 fully saturated rings. The minimum Gasteiger partial charge on any atom is -0.463 e. The smallest absolute Gasteiger partial charge is 0.373 e. The van der Waals surface area contributed by atoms with Crippen LogP contribution in [0.25, 0.3) is 0 Å².